The van der Waals surface area contributed by atoms with Gasteiger partial charge in [0, 0.05) is 112 Å². The molecular formula is C52H72Cl2I4N10O5V-. The molecule has 22 heteroatoms. The topological polar surface area (TPSA) is 165 Å². The number of fused-ring (bicyclic) bond motifs is 2. The van der Waals surface area contributed by atoms with Gasteiger partial charge in [0.25, 0.3) is 11.8 Å². The van der Waals surface area contributed by atoms with E-state index in [1.165, 1.54) is 75.4 Å². The Hall–Kier alpha value is -1.82. The molecule has 0 spiro atoms. The summed E-state index contributed by atoms with van der Waals surface area (Å²) in [4.78, 5) is 50.6. The molecule has 408 valence electrons. The van der Waals surface area contributed by atoms with Crippen LogP contribution in [0.2, 0.25) is 0 Å². The standard InChI is InChI=1S/C27H35N5O3.C22H27N5O2.C2H5I.CH3.2ClH.3HI.V/c1-31-19-21(23-9-2-3-10-24(23)31)8-6-7-20-12-14-32(15-13-20)27-28-17-22(18-29-27)26(33)30-35-25-11-4-5-16-34-25;1-26-15-17(19-7-2-3-8-20(19)26)6-4-5-16-9-11-27(12-10-16)22-23-13-18(14-24-22)21(28)25-29;1-2-3;;;;;;;/h2-3,9-10,17-20,25H,4-8,11-16H2,1H3,(H,30,33);2-3,7-8,13-16,29H,4-6,9-12H2,1H3,(H,25,28);2H2,1H3;1H3;5*1H;/q;;;-1;;;;;;+3/p-3. The van der Waals surface area contributed by atoms with Crippen LogP contribution in [0.15, 0.2) is 85.7 Å². The van der Waals surface area contributed by atoms with Crippen LogP contribution in [0.5, 0.6) is 0 Å². The van der Waals surface area contributed by atoms with E-state index in [4.69, 9.17) is 14.8 Å². The Labute approximate surface area is 501 Å². The van der Waals surface area contributed by atoms with Gasteiger partial charge in [0.05, 0.1) is 11.1 Å². The van der Waals surface area contributed by atoms with Crippen LogP contribution < -0.4 is 20.8 Å². The zero-order valence-electron chi connectivity index (χ0n) is 42.7. The van der Waals surface area contributed by atoms with Gasteiger partial charge in [-0.25, -0.2) is 35.7 Å². The van der Waals surface area contributed by atoms with E-state index in [-0.39, 0.29) is 54.9 Å². The number of nitrogens with zero attached hydrogens (tertiary/aromatic N) is 8. The third-order valence-corrected chi connectivity index (χ3v) is 13.2. The predicted molar refractivity (Wildman–Crippen MR) is 335 cm³/mol. The molecule has 6 aromatic rings. The van der Waals surface area contributed by atoms with Crippen molar-refractivity contribution >= 4 is 153 Å². The number of piperidine rings is 2. The molecule has 0 radical (unpaired) electrons. The molecule has 9 rings (SSSR count). The Balaban J connectivity index is 0.000000339. The van der Waals surface area contributed by atoms with E-state index in [0.717, 1.165) is 95.8 Å². The number of rotatable bonds is 14. The number of alkyl halides is 1. The van der Waals surface area contributed by atoms with Crippen molar-refractivity contribution < 1.29 is 29.3 Å². The van der Waals surface area contributed by atoms with Gasteiger partial charge in [0.2, 0.25) is 11.9 Å². The molecule has 3 fully saturated rings. The van der Waals surface area contributed by atoms with Crippen molar-refractivity contribution in [3.05, 3.63) is 115 Å². The first-order valence-corrected chi connectivity index (χ1v) is 39.6. The number of aromatic nitrogens is 6. The van der Waals surface area contributed by atoms with Gasteiger partial charge < -0.3 is 31.1 Å². The van der Waals surface area contributed by atoms with E-state index in [1.807, 2.05) is 0 Å². The number of carbonyl (C=O) groups is 2. The summed E-state index contributed by atoms with van der Waals surface area (Å²) in [7, 11) is 4.25. The Morgan fingerprint density at radius 2 is 1.11 bits per heavy atom. The second-order valence-electron chi connectivity index (χ2n) is 18.0. The molecule has 0 bridgehead atoms. The van der Waals surface area contributed by atoms with Crippen LogP contribution in [0.25, 0.3) is 21.8 Å². The van der Waals surface area contributed by atoms with Gasteiger partial charge in [-0.1, -0.05) is 65.9 Å². The molecule has 1 atom stereocenters. The van der Waals surface area contributed by atoms with Gasteiger partial charge in [-0.2, -0.15) is 0 Å². The SMILES string of the molecule is CCI.Cl.Cl.Cn1cc(CCCC2CCN(c3ncc(C(=O)NO)cn3)CC2)c2ccccc21.Cn1cc(CCCC2CCN(c3ncc(C(=O)NOC4CCCCO4)cn3)CC2)c2ccccc21.[CH3-].[I][V]([I])[I]. The zero-order chi connectivity index (χ0) is 50.5. The molecular weight excluding hydrogens is 1470 g/mol. The number of carbonyl (C=O) groups excluding carboxylic acids is 2. The van der Waals surface area contributed by atoms with Crippen molar-refractivity contribution in [1.82, 2.24) is 40.0 Å². The first-order chi connectivity index (χ1) is 34.5. The molecule has 0 saturated carbocycles. The number of ether oxygens (including phenoxy) is 1. The van der Waals surface area contributed by atoms with Crippen LogP contribution >= 0.6 is 107 Å². The van der Waals surface area contributed by atoms with E-state index >= 15 is 0 Å². The van der Waals surface area contributed by atoms with Crippen molar-refractivity contribution in [3.63, 3.8) is 0 Å². The van der Waals surface area contributed by atoms with Crippen molar-refractivity contribution in [2.24, 2.45) is 25.9 Å². The van der Waals surface area contributed by atoms with Crippen LogP contribution in [-0.4, -0.2) is 89.6 Å². The normalized spacial score (nSPS) is 15.7. The molecule has 7 heterocycles. The summed E-state index contributed by atoms with van der Waals surface area (Å²) >= 11 is 9.68. The van der Waals surface area contributed by atoms with Gasteiger partial charge in [-0.05, 0) is 117 Å². The minimum atomic E-state index is -0.596. The monoisotopic (exact) mass is 1550 g/mol. The van der Waals surface area contributed by atoms with Gasteiger partial charge in [0.1, 0.15) is 0 Å². The average molecular weight is 1550 g/mol. The number of hydrogen-bond acceptors (Lipinski definition) is 11. The average Bonchev–Trinajstić information content (AvgIpc) is 3.90. The number of nitrogens with one attached hydrogen (secondary N) is 2. The van der Waals surface area contributed by atoms with E-state index in [0.29, 0.717) is 24.1 Å². The quantitative estimate of drug-likeness (QED) is 0.0312. The molecule has 74 heavy (non-hydrogen) atoms. The summed E-state index contributed by atoms with van der Waals surface area (Å²) in [6.45, 7) is 6.55. The van der Waals surface area contributed by atoms with E-state index in [9.17, 15) is 9.59 Å². The fourth-order valence-electron chi connectivity index (χ4n) is 9.51. The van der Waals surface area contributed by atoms with Crippen molar-refractivity contribution in [2.45, 2.75) is 96.7 Å². The van der Waals surface area contributed by atoms with E-state index in [1.54, 1.807) is 17.9 Å². The maximum absolute atomic E-state index is 12.3. The fraction of sp³-hybridized carbons (Fsp3) is 0.481. The van der Waals surface area contributed by atoms with E-state index in [2.05, 4.69) is 209 Å². The summed E-state index contributed by atoms with van der Waals surface area (Å²) in [6, 6.07) is 17.3. The predicted octanol–water partition coefficient (Wildman–Crippen LogP) is 13.1. The second kappa shape index (κ2) is 35.6. The Kier molecular flexibility index (Phi) is 32.0. The van der Waals surface area contributed by atoms with Crippen LogP contribution in [0.3, 0.4) is 0 Å². The molecule has 15 nitrogen and oxygen atoms in total. The number of aryl methyl sites for hydroxylation is 4. The molecule has 0 aliphatic carbocycles. The zero-order valence-corrected chi connectivity index (χ0v) is 54.3. The summed E-state index contributed by atoms with van der Waals surface area (Å²) in [6.07, 6.45) is 24.8. The Morgan fingerprint density at radius 3 is 1.50 bits per heavy atom. The molecule has 3 aliphatic heterocycles. The van der Waals surface area contributed by atoms with Crippen LogP contribution in [0, 0.1) is 19.3 Å². The first kappa shape index (κ1) is 66.5. The molecule has 2 amide bonds. The maximum atomic E-state index is 12.3. The van der Waals surface area contributed by atoms with Gasteiger partial charge in [-0.15, -0.1) is 24.8 Å². The number of anilines is 2. The first-order valence-electron chi connectivity index (χ1n) is 24.5. The second-order valence-corrected chi connectivity index (χ2v) is 54.9. The summed E-state index contributed by atoms with van der Waals surface area (Å²) in [5.41, 5.74) is 10.2. The Bertz CT molecular complexity index is 2540. The number of amides is 2. The molecule has 3 aliphatic rings. The van der Waals surface area contributed by atoms with Gasteiger partial charge in [0.15, 0.2) is 6.29 Å². The Morgan fingerprint density at radius 1 is 0.703 bits per heavy atom. The van der Waals surface area contributed by atoms with Crippen LogP contribution in [0.1, 0.15) is 109 Å². The van der Waals surface area contributed by atoms with Gasteiger partial charge in [-0.3, -0.25) is 14.8 Å². The summed E-state index contributed by atoms with van der Waals surface area (Å²) in [5.74, 6) is 1.86. The molecule has 2 aromatic carbocycles. The number of benzene rings is 2. The van der Waals surface area contributed by atoms with Crippen LogP contribution in [0.4, 0.5) is 11.9 Å². The number of halogens is 6. The number of para-hydroxylation sites is 2. The molecule has 3 N–H and O–H groups in total. The third-order valence-electron chi connectivity index (χ3n) is 13.2. The fourth-order valence-corrected chi connectivity index (χ4v) is 9.51. The van der Waals surface area contributed by atoms with Crippen LogP contribution in [-0.2, 0) is 41.4 Å². The number of hydrogen-bond donors (Lipinski definition) is 3. The summed E-state index contributed by atoms with van der Waals surface area (Å²) < 4.78 is 11.1. The molecule has 4 aromatic heterocycles. The molecule has 3 saturated heterocycles. The number of hydroxylamine groups is 2. The van der Waals surface area contributed by atoms with Crippen molar-refractivity contribution in [2.75, 3.05) is 47.0 Å². The summed E-state index contributed by atoms with van der Waals surface area (Å²) in [5, 5.41) is 11.4. The van der Waals surface area contributed by atoms with Gasteiger partial charge >= 0.3 is 64.9 Å². The van der Waals surface area contributed by atoms with E-state index < -0.39 is 5.91 Å². The van der Waals surface area contributed by atoms with Crippen molar-refractivity contribution in [1.29, 1.82) is 0 Å². The minimum absolute atomic E-state index is 0. The third kappa shape index (κ3) is 20.8. The van der Waals surface area contributed by atoms with Crippen molar-refractivity contribution in [3.8, 4) is 0 Å². The molecule has 1 unspecified atom stereocenters.